The van der Waals surface area contributed by atoms with Crippen molar-refractivity contribution >= 4 is 0 Å². The number of aromatic nitrogens is 2. The van der Waals surface area contributed by atoms with Gasteiger partial charge in [0.15, 0.2) is 6.10 Å². The third-order valence-electron chi connectivity index (χ3n) is 3.27. The Labute approximate surface area is 113 Å². The predicted molar refractivity (Wildman–Crippen MR) is 65.2 cm³/mol. The Hall–Kier alpha value is -1.41. The molecule has 1 atom stereocenters. The number of aryl methyl sites for hydroxylation is 1. The molecule has 112 valence electrons. The molecular formula is C12H16F3N3O2. The average molecular weight is 291 g/mol. The number of halogens is 3. The Morgan fingerprint density at radius 3 is 2.70 bits per heavy atom. The normalized spacial score (nSPS) is 18.9. The summed E-state index contributed by atoms with van der Waals surface area (Å²) in [5.41, 5.74) is 0.498. The summed E-state index contributed by atoms with van der Waals surface area (Å²) in [7, 11) is 0. The van der Waals surface area contributed by atoms with Gasteiger partial charge >= 0.3 is 6.18 Å². The second kappa shape index (κ2) is 5.53. The van der Waals surface area contributed by atoms with E-state index in [-0.39, 0.29) is 11.5 Å². The summed E-state index contributed by atoms with van der Waals surface area (Å²) in [6.07, 6.45) is -6.90. The van der Waals surface area contributed by atoms with Crippen molar-refractivity contribution in [1.82, 2.24) is 14.7 Å². The van der Waals surface area contributed by atoms with Crippen LogP contribution in [0, 0.1) is 12.8 Å². The molecule has 1 N–H and O–H groups in total. The van der Waals surface area contributed by atoms with Crippen molar-refractivity contribution in [2.45, 2.75) is 25.7 Å². The quantitative estimate of drug-likeness (QED) is 0.873. The van der Waals surface area contributed by atoms with E-state index in [1.165, 1.54) is 15.6 Å². The van der Waals surface area contributed by atoms with Gasteiger partial charge in [-0.2, -0.15) is 18.3 Å². The Balaban J connectivity index is 1.82. The van der Waals surface area contributed by atoms with Crippen LogP contribution in [-0.4, -0.2) is 51.7 Å². The molecule has 0 bridgehead atoms. The SMILES string of the molecule is Cc1ccc(=O)n(CC2CN(CC(O)C(F)(F)F)C2)n1. The van der Waals surface area contributed by atoms with E-state index >= 15 is 0 Å². The molecule has 1 aliphatic heterocycles. The Morgan fingerprint density at radius 1 is 1.45 bits per heavy atom. The van der Waals surface area contributed by atoms with Crippen LogP contribution >= 0.6 is 0 Å². The van der Waals surface area contributed by atoms with Gasteiger partial charge in [-0.25, -0.2) is 4.68 Å². The fourth-order valence-electron chi connectivity index (χ4n) is 2.22. The van der Waals surface area contributed by atoms with Crippen LogP contribution in [0.5, 0.6) is 0 Å². The third-order valence-corrected chi connectivity index (χ3v) is 3.27. The maximum Gasteiger partial charge on any atom is 0.415 e. The van der Waals surface area contributed by atoms with Crippen molar-refractivity contribution < 1.29 is 18.3 Å². The summed E-state index contributed by atoms with van der Waals surface area (Å²) in [6.45, 7) is 2.59. The first-order valence-electron chi connectivity index (χ1n) is 6.27. The number of nitrogens with zero attached hydrogens (tertiary/aromatic N) is 3. The molecule has 1 aromatic heterocycles. The van der Waals surface area contributed by atoms with E-state index in [1.54, 1.807) is 13.0 Å². The van der Waals surface area contributed by atoms with E-state index in [0.29, 0.717) is 25.3 Å². The first-order chi connectivity index (χ1) is 9.25. The molecule has 1 aromatic rings. The van der Waals surface area contributed by atoms with Gasteiger partial charge < -0.3 is 5.11 Å². The molecule has 1 unspecified atom stereocenters. The van der Waals surface area contributed by atoms with Gasteiger partial charge in [0, 0.05) is 31.6 Å². The van der Waals surface area contributed by atoms with E-state index in [4.69, 9.17) is 5.11 Å². The van der Waals surface area contributed by atoms with E-state index in [9.17, 15) is 18.0 Å². The fraction of sp³-hybridized carbons (Fsp3) is 0.667. The summed E-state index contributed by atoms with van der Waals surface area (Å²) >= 11 is 0. The van der Waals surface area contributed by atoms with Crippen LogP contribution in [0.15, 0.2) is 16.9 Å². The molecule has 1 fully saturated rings. The monoisotopic (exact) mass is 291 g/mol. The van der Waals surface area contributed by atoms with Crippen LogP contribution in [0.4, 0.5) is 13.2 Å². The molecule has 0 amide bonds. The molecule has 0 spiro atoms. The van der Waals surface area contributed by atoms with Crippen LogP contribution in [-0.2, 0) is 6.54 Å². The van der Waals surface area contributed by atoms with Crippen molar-refractivity contribution in [3.05, 3.63) is 28.2 Å². The number of aliphatic hydroxyl groups is 1. The largest absolute Gasteiger partial charge is 0.415 e. The van der Waals surface area contributed by atoms with Crippen LogP contribution in [0.25, 0.3) is 0 Å². The number of rotatable bonds is 4. The minimum absolute atomic E-state index is 0.0856. The number of aliphatic hydroxyl groups excluding tert-OH is 1. The van der Waals surface area contributed by atoms with Crippen LogP contribution in [0.1, 0.15) is 5.69 Å². The smallest absolute Gasteiger partial charge is 0.382 e. The predicted octanol–water partition coefficient (Wildman–Crippen LogP) is 0.407. The minimum Gasteiger partial charge on any atom is -0.382 e. The first-order valence-corrected chi connectivity index (χ1v) is 6.27. The number of likely N-dealkylation sites (tertiary alicyclic amines) is 1. The molecular weight excluding hydrogens is 275 g/mol. The lowest BCUT2D eigenvalue weighted by molar-refractivity contribution is -0.211. The molecule has 2 rings (SSSR count). The fourth-order valence-corrected chi connectivity index (χ4v) is 2.22. The Morgan fingerprint density at radius 2 is 2.10 bits per heavy atom. The maximum absolute atomic E-state index is 12.2. The molecule has 0 aliphatic carbocycles. The molecule has 1 aliphatic rings. The molecule has 2 heterocycles. The zero-order valence-electron chi connectivity index (χ0n) is 11.0. The van der Waals surface area contributed by atoms with Crippen LogP contribution in [0.2, 0.25) is 0 Å². The average Bonchev–Trinajstić information content (AvgIpc) is 2.29. The zero-order chi connectivity index (χ0) is 14.9. The van der Waals surface area contributed by atoms with Crippen molar-refractivity contribution in [3.8, 4) is 0 Å². The molecule has 1 saturated heterocycles. The topological polar surface area (TPSA) is 58.4 Å². The number of hydrogen-bond donors (Lipinski definition) is 1. The Kier molecular flexibility index (Phi) is 4.14. The van der Waals surface area contributed by atoms with Gasteiger partial charge in [0.2, 0.25) is 0 Å². The van der Waals surface area contributed by atoms with E-state index in [2.05, 4.69) is 5.10 Å². The highest BCUT2D eigenvalue weighted by molar-refractivity contribution is 4.97. The van der Waals surface area contributed by atoms with Crippen LogP contribution < -0.4 is 5.56 Å². The number of hydrogen-bond acceptors (Lipinski definition) is 4. The lowest BCUT2D eigenvalue weighted by atomic mass is 9.99. The van der Waals surface area contributed by atoms with E-state index < -0.39 is 18.8 Å². The van der Waals surface area contributed by atoms with Gasteiger partial charge in [0.1, 0.15) is 0 Å². The van der Waals surface area contributed by atoms with Crippen molar-refractivity contribution in [3.63, 3.8) is 0 Å². The van der Waals surface area contributed by atoms with Gasteiger partial charge in [0.25, 0.3) is 5.56 Å². The minimum atomic E-state index is -4.58. The number of β-amino-alcohol motifs (C(OH)–C–C–N with tert-alkyl or cyclic N) is 1. The molecule has 5 nitrogen and oxygen atoms in total. The van der Waals surface area contributed by atoms with Crippen LogP contribution in [0.3, 0.4) is 0 Å². The number of alkyl halides is 3. The summed E-state index contributed by atoms with van der Waals surface area (Å²) in [5, 5.41) is 13.0. The van der Waals surface area contributed by atoms with Gasteiger partial charge in [0.05, 0.1) is 12.2 Å². The van der Waals surface area contributed by atoms with Gasteiger partial charge in [-0.05, 0) is 13.0 Å². The molecule has 20 heavy (non-hydrogen) atoms. The zero-order valence-corrected chi connectivity index (χ0v) is 11.0. The standard InChI is InChI=1S/C12H16F3N3O2/c1-8-2-3-11(20)18(16-8)6-9-4-17(5-9)7-10(19)12(13,14)15/h2-3,9-10,19H,4-7H2,1H3. The molecule has 8 heteroatoms. The Bertz CT molecular complexity index is 523. The van der Waals surface area contributed by atoms with E-state index in [0.717, 1.165) is 0 Å². The molecule has 0 aromatic carbocycles. The highest BCUT2D eigenvalue weighted by Crippen LogP contribution is 2.24. The maximum atomic E-state index is 12.2. The molecule has 0 radical (unpaired) electrons. The van der Waals surface area contributed by atoms with Gasteiger partial charge in [-0.1, -0.05) is 0 Å². The van der Waals surface area contributed by atoms with E-state index in [1.807, 2.05) is 0 Å². The summed E-state index contributed by atoms with van der Waals surface area (Å²) < 4.78 is 37.9. The summed E-state index contributed by atoms with van der Waals surface area (Å²) in [5.74, 6) is 0.0856. The summed E-state index contributed by atoms with van der Waals surface area (Å²) in [6, 6.07) is 3.04. The van der Waals surface area contributed by atoms with Gasteiger partial charge in [-0.15, -0.1) is 0 Å². The highest BCUT2D eigenvalue weighted by Gasteiger charge is 2.41. The highest BCUT2D eigenvalue weighted by atomic mass is 19.4. The second-order valence-electron chi connectivity index (χ2n) is 5.14. The van der Waals surface area contributed by atoms with Crippen molar-refractivity contribution in [2.75, 3.05) is 19.6 Å². The van der Waals surface area contributed by atoms with Crippen molar-refractivity contribution in [2.24, 2.45) is 5.92 Å². The lowest BCUT2D eigenvalue weighted by Crippen LogP contribution is -2.54. The third kappa shape index (κ3) is 3.57. The van der Waals surface area contributed by atoms with Gasteiger partial charge in [-0.3, -0.25) is 9.69 Å². The first kappa shape index (κ1) is 15.0. The summed E-state index contributed by atoms with van der Waals surface area (Å²) in [4.78, 5) is 13.1. The second-order valence-corrected chi connectivity index (χ2v) is 5.14. The van der Waals surface area contributed by atoms with Crippen molar-refractivity contribution in [1.29, 1.82) is 0 Å². The molecule has 0 saturated carbocycles. The lowest BCUT2D eigenvalue weighted by Gasteiger charge is -2.40.